The van der Waals surface area contributed by atoms with Crippen LogP contribution in [-0.2, 0) is 17.6 Å². The van der Waals surface area contributed by atoms with E-state index in [9.17, 15) is 4.79 Å². The summed E-state index contributed by atoms with van der Waals surface area (Å²) in [6.07, 6.45) is 1.73. The Morgan fingerprint density at radius 1 is 1.00 bits per heavy atom. The molecule has 0 amide bonds. The number of fused-ring (bicyclic) bond motifs is 7. The summed E-state index contributed by atoms with van der Waals surface area (Å²) in [5, 5.41) is 0. The first-order valence-corrected chi connectivity index (χ1v) is 9.08. The Kier molecular flexibility index (Phi) is 3.59. The molecule has 0 radical (unpaired) electrons. The predicted molar refractivity (Wildman–Crippen MR) is 97.5 cm³/mol. The number of ether oxygens (including phenoxy) is 4. The van der Waals surface area contributed by atoms with Crippen LogP contribution in [0.25, 0.3) is 0 Å². The van der Waals surface area contributed by atoms with Crippen molar-refractivity contribution in [3.05, 3.63) is 46.5 Å². The predicted octanol–water partition coefficient (Wildman–Crippen LogP) is 3.18. The van der Waals surface area contributed by atoms with Gasteiger partial charge < -0.3 is 18.9 Å². The van der Waals surface area contributed by atoms with Crippen LogP contribution >= 0.6 is 0 Å². The number of likely N-dealkylation sites (N-methyl/N-ethyl adjacent to an activating group) is 1. The maximum atomic E-state index is 11.5. The number of methoxy groups -OCH3 is 1. The van der Waals surface area contributed by atoms with E-state index in [-0.39, 0.29) is 24.8 Å². The highest BCUT2D eigenvalue weighted by Gasteiger charge is 2.40. The molecular formula is C21H21NO5. The molecule has 2 aromatic rings. The molecule has 2 bridgehead atoms. The van der Waals surface area contributed by atoms with Gasteiger partial charge in [0.15, 0.2) is 23.0 Å². The average Bonchev–Trinajstić information content (AvgIpc) is 3.08. The van der Waals surface area contributed by atoms with Gasteiger partial charge in [0.25, 0.3) is 0 Å². The molecule has 140 valence electrons. The van der Waals surface area contributed by atoms with Crippen LogP contribution < -0.4 is 18.9 Å². The maximum Gasteiger partial charge on any atom is 0.308 e. The summed E-state index contributed by atoms with van der Waals surface area (Å²) >= 11 is 0. The second-order valence-corrected chi connectivity index (χ2v) is 7.31. The van der Waals surface area contributed by atoms with Gasteiger partial charge >= 0.3 is 5.97 Å². The first-order valence-electron chi connectivity index (χ1n) is 9.08. The molecule has 2 unspecified atom stereocenters. The average molecular weight is 367 g/mol. The van der Waals surface area contributed by atoms with Crippen molar-refractivity contribution in [2.45, 2.75) is 31.8 Å². The summed E-state index contributed by atoms with van der Waals surface area (Å²) in [4.78, 5) is 13.9. The monoisotopic (exact) mass is 367 g/mol. The van der Waals surface area contributed by atoms with Gasteiger partial charge in [-0.2, -0.15) is 0 Å². The van der Waals surface area contributed by atoms with Crippen molar-refractivity contribution in [2.24, 2.45) is 0 Å². The minimum atomic E-state index is -0.348. The van der Waals surface area contributed by atoms with Crippen molar-refractivity contribution in [3.63, 3.8) is 0 Å². The third-order valence-corrected chi connectivity index (χ3v) is 5.84. The SMILES string of the molecule is COc1cc2c(cc1OC(C)=O)CC1c3cc4c(cc3CC2N1C)OCO4. The molecule has 0 spiro atoms. The van der Waals surface area contributed by atoms with Crippen molar-refractivity contribution in [1.29, 1.82) is 0 Å². The number of carbonyl (C=O) groups excluding carboxylic acids is 1. The second-order valence-electron chi connectivity index (χ2n) is 7.31. The van der Waals surface area contributed by atoms with Gasteiger partial charge in [-0.3, -0.25) is 9.69 Å². The van der Waals surface area contributed by atoms with Crippen molar-refractivity contribution in [1.82, 2.24) is 4.90 Å². The van der Waals surface area contributed by atoms with Gasteiger partial charge in [0.1, 0.15) is 0 Å². The van der Waals surface area contributed by atoms with E-state index in [2.05, 4.69) is 24.1 Å². The molecule has 0 aliphatic carbocycles. The number of hydrogen-bond acceptors (Lipinski definition) is 6. The Bertz CT molecular complexity index is 954. The molecular weight excluding hydrogens is 346 g/mol. The summed E-state index contributed by atoms with van der Waals surface area (Å²) in [5.41, 5.74) is 5.02. The molecule has 0 saturated heterocycles. The van der Waals surface area contributed by atoms with Crippen molar-refractivity contribution in [3.8, 4) is 23.0 Å². The van der Waals surface area contributed by atoms with E-state index in [0.717, 1.165) is 24.3 Å². The van der Waals surface area contributed by atoms with E-state index in [4.69, 9.17) is 18.9 Å². The molecule has 0 saturated carbocycles. The lowest BCUT2D eigenvalue weighted by molar-refractivity contribution is -0.132. The van der Waals surface area contributed by atoms with Crippen LogP contribution in [0, 0.1) is 0 Å². The zero-order chi connectivity index (χ0) is 18.7. The molecule has 3 aliphatic heterocycles. The van der Waals surface area contributed by atoms with Crippen molar-refractivity contribution in [2.75, 3.05) is 21.0 Å². The lowest BCUT2D eigenvalue weighted by Crippen LogP contribution is -2.40. The summed E-state index contributed by atoms with van der Waals surface area (Å²) in [5.74, 6) is 2.38. The van der Waals surface area contributed by atoms with Crippen molar-refractivity contribution < 1.29 is 23.7 Å². The van der Waals surface area contributed by atoms with Crippen LogP contribution in [0.15, 0.2) is 24.3 Å². The quantitative estimate of drug-likeness (QED) is 0.600. The summed E-state index contributed by atoms with van der Waals surface area (Å²) < 4.78 is 22.0. The van der Waals surface area contributed by atoms with Gasteiger partial charge in [-0.15, -0.1) is 0 Å². The number of benzene rings is 2. The minimum Gasteiger partial charge on any atom is -0.493 e. The Balaban J connectivity index is 1.61. The van der Waals surface area contributed by atoms with E-state index in [0.29, 0.717) is 11.5 Å². The molecule has 6 heteroatoms. The second kappa shape index (κ2) is 5.89. The molecule has 27 heavy (non-hydrogen) atoms. The number of hydrogen-bond donors (Lipinski definition) is 0. The topological polar surface area (TPSA) is 57.2 Å². The molecule has 3 aliphatic rings. The largest absolute Gasteiger partial charge is 0.493 e. The highest BCUT2D eigenvalue weighted by molar-refractivity contribution is 5.71. The highest BCUT2D eigenvalue weighted by atomic mass is 16.7. The lowest BCUT2D eigenvalue weighted by Gasteiger charge is -2.46. The summed E-state index contributed by atoms with van der Waals surface area (Å²) in [7, 11) is 3.76. The zero-order valence-electron chi connectivity index (χ0n) is 15.6. The van der Waals surface area contributed by atoms with Crippen LogP contribution in [0.4, 0.5) is 0 Å². The number of esters is 1. The van der Waals surface area contributed by atoms with Crippen LogP contribution in [0.5, 0.6) is 23.0 Å². The molecule has 0 aromatic heterocycles. The van der Waals surface area contributed by atoms with Crippen LogP contribution in [0.2, 0.25) is 0 Å². The first kappa shape index (κ1) is 16.4. The third kappa shape index (κ3) is 2.47. The van der Waals surface area contributed by atoms with Gasteiger partial charge in [0.05, 0.1) is 7.11 Å². The fourth-order valence-electron chi connectivity index (χ4n) is 4.57. The molecule has 0 N–H and O–H groups in total. The van der Waals surface area contributed by atoms with Gasteiger partial charge in [-0.05, 0) is 66.4 Å². The minimum absolute atomic E-state index is 0.242. The Morgan fingerprint density at radius 2 is 1.63 bits per heavy atom. The fraction of sp³-hybridized carbons (Fsp3) is 0.381. The maximum absolute atomic E-state index is 11.5. The molecule has 2 atom stereocenters. The van der Waals surface area contributed by atoms with Crippen molar-refractivity contribution >= 4 is 5.97 Å². The Hall–Kier alpha value is -2.73. The standard InChI is InChI=1S/C21H21NO5/c1-11(23)27-21-7-13-5-17-15-9-20-19(25-10-26-20)6-12(15)4-16(22(17)2)14(13)8-18(21)24-3/h6-9,16-17H,4-5,10H2,1-3H3. The lowest BCUT2D eigenvalue weighted by atomic mass is 9.76. The smallest absolute Gasteiger partial charge is 0.308 e. The molecule has 3 heterocycles. The fourth-order valence-corrected chi connectivity index (χ4v) is 4.57. The Morgan fingerprint density at radius 3 is 2.30 bits per heavy atom. The van der Waals surface area contributed by atoms with Gasteiger partial charge in [-0.1, -0.05) is 0 Å². The summed E-state index contributed by atoms with van der Waals surface area (Å²) in [6.45, 7) is 1.69. The van der Waals surface area contributed by atoms with E-state index in [1.807, 2.05) is 12.1 Å². The van der Waals surface area contributed by atoms with Crippen LogP contribution in [0.1, 0.15) is 41.3 Å². The normalized spacial score (nSPS) is 22.0. The number of carbonyl (C=O) groups is 1. The van der Waals surface area contributed by atoms with Gasteiger partial charge in [0.2, 0.25) is 6.79 Å². The molecule has 2 aromatic carbocycles. The van der Waals surface area contributed by atoms with Gasteiger partial charge in [0, 0.05) is 19.0 Å². The Labute approximate surface area is 157 Å². The zero-order valence-corrected chi connectivity index (χ0v) is 15.6. The highest BCUT2D eigenvalue weighted by Crippen LogP contribution is 2.51. The molecule has 5 rings (SSSR count). The first-order chi connectivity index (χ1) is 13.0. The van der Waals surface area contributed by atoms with E-state index in [1.165, 1.54) is 29.2 Å². The number of rotatable bonds is 2. The molecule has 6 nitrogen and oxygen atoms in total. The molecule has 0 fully saturated rings. The summed E-state index contributed by atoms with van der Waals surface area (Å²) in [6, 6.07) is 8.71. The van der Waals surface area contributed by atoms with E-state index < -0.39 is 0 Å². The van der Waals surface area contributed by atoms with Gasteiger partial charge in [-0.25, -0.2) is 0 Å². The van der Waals surface area contributed by atoms with E-state index >= 15 is 0 Å². The van der Waals surface area contributed by atoms with E-state index in [1.54, 1.807) is 7.11 Å². The van der Waals surface area contributed by atoms with Crippen LogP contribution in [0.3, 0.4) is 0 Å². The third-order valence-electron chi connectivity index (χ3n) is 5.84. The number of nitrogens with zero attached hydrogens (tertiary/aromatic N) is 1. The van der Waals surface area contributed by atoms with Crippen LogP contribution in [-0.4, -0.2) is 31.8 Å².